The highest BCUT2D eigenvalue weighted by Gasteiger charge is 2.22. The number of anilines is 1. The standard InChI is InChI=1S/C11H13N3O3S/c1-17-10-3-2-8(4-12-10)13-9(15)5-14-7-18-6-11(14)16/h2-4H,5-7H2,1H3,(H,13,15). The number of hydrogen-bond donors (Lipinski definition) is 1. The number of nitrogens with zero attached hydrogens (tertiary/aromatic N) is 2. The smallest absolute Gasteiger partial charge is 0.244 e. The van der Waals surface area contributed by atoms with Crippen LogP contribution in [0.25, 0.3) is 0 Å². The molecule has 1 aromatic rings. The van der Waals surface area contributed by atoms with Gasteiger partial charge in [0.05, 0.1) is 30.6 Å². The normalized spacial score (nSPS) is 14.7. The molecule has 1 N–H and O–H groups in total. The average molecular weight is 267 g/mol. The van der Waals surface area contributed by atoms with Crippen LogP contribution < -0.4 is 10.1 Å². The van der Waals surface area contributed by atoms with Crippen LogP contribution in [0, 0.1) is 0 Å². The number of thioether (sulfide) groups is 1. The molecule has 1 aliphatic heterocycles. The first kappa shape index (κ1) is 12.7. The van der Waals surface area contributed by atoms with Gasteiger partial charge in [-0.3, -0.25) is 9.59 Å². The molecule has 0 atom stereocenters. The fraction of sp³-hybridized carbons (Fsp3) is 0.364. The van der Waals surface area contributed by atoms with E-state index in [1.807, 2.05) is 0 Å². The van der Waals surface area contributed by atoms with Crippen molar-refractivity contribution in [3.05, 3.63) is 18.3 Å². The van der Waals surface area contributed by atoms with E-state index in [9.17, 15) is 9.59 Å². The Labute approximate surface area is 109 Å². The second-order valence-electron chi connectivity index (χ2n) is 3.71. The number of carbonyl (C=O) groups is 2. The Kier molecular flexibility index (Phi) is 4.03. The quantitative estimate of drug-likeness (QED) is 0.863. The predicted molar refractivity (Wildman–Crippen MR) is 68.5 cm³/mol. The van der Waals surface area contributed by atoms with Gasteiger partial charge in [-0.15, -0.1) is 11.8 Å². The van der Waals surface area contributed by atoms with Gasteiger partial charge in [-0.2, -0.15) is 0 Å². The fourth-order valence-corrected chi connectivity index (χ4v) is 2.39. The molecule has 1 aromatic heterocycles. The van der Waals surface area contributed by atoms with Crippen LogP contribution in [0.5, 0.6) is 5.88 Å². The van der Waals surface area contributed by atoms with Crippen molar-refractivity contribution in [1.29, 1.82) is 0 Å². The average Bonchev–Trinajstić information content (AvgIpc) is 2.76. The van der Waals surface area contributed by atoms with Gasteiger partial charge in [-0.05, 0) is 6.07 Å². The number of methoxy groups -OCH3 is 1. The molecule has 0 aromatic carbocycles. The van der Waals surface area contributed by atoms with Crippen molar-refractivity contribution in [1.82, 2.24) is 9.88 Å². The third-order valence-electron chi connectivity index (χ3n) is 2.39. The zero-order valence-electron chi connectivity index (χ0n) is 9.88. The van der Waals surface area contributed by atoms with Crippen LogP contribution >= 0.6 is 11.8 Å². The largest absolute Gasteiger partial charge is 0.481 e. The summed E-state index contributed by atoms with van der Waals surface area (Å²) < 4.78 is 4.92. The number of rotatable bonds is 4. The molecule has 6 nitrogen and oxygen atoms in total. The molecule has 2 rings (SSSR count). The van der Waals surface area contributed by atoms with Gasteiger partial charge < -0.3 is 15.0 Å². The summed E-state index contributed by atoms with van der Waals surface area (Å²) in [5, 5.41) is 2.68. The summed E-state index contributed by atoms with van der Waals surface area (Å²) in [6.07, 6.45) is 1.51. The van der Waals surface area contributed by atoms with Crippen LogP contribution in [-0.4, -0.2) is 47.0 Å². The summed E-state index contributed by atoms with van der Waals surface area (Å²) in [6, 6.07) is 3.36. The van der Waals surface area contributed by atoms with Crippen LogP contribution in [0.3, 0.4) is 0 Å². The van der Waals surface area contributed by atoms with E-state index in [1.54, 1.807) is 12.1 Å². The van der Waals surface area contributed by atoms with E-state index >= 15 is 0 Å². The van der Waals surface area contributed by atoms with Gasteiger partial charge in [0.25, 0.3) is 0 Å². The van der Waals surface area contributed by atoms with Gasteiger partial charge in [-0.25, -0.2) is 4.98 Å². The third kappa shape index (κ3) is 3.13. The Morgan fingerprint density at radius 1 is 1.61 bits per heavy atom. The number of hydrogen-bond acceptors (Lipinski definition) is 5. The Bertz CT molecular complexity index is 449. The lowest BCUT2D eigenvalue weighted by atomic mass is 10.4. The van der Waals surface area contributed by atoms with Crippen LogP contribution in [0.4, 0.5) is 5.69 Å². The molecular formula is C11H13N3O3S. The minimum Gasteiger partial charge on any atom is -0.481 e. The summed E-state index contributed by atoms with van der Waals surface area (Å²) in [5.74, 6) is 1.30. The first-order chi connectivity index (χ1) is 8.69. The zero-order valence-corrected chi connectivity index (χ0v) is 10.7. The summed E-state index contributed by atoms with van der Waals surface area (Å²) >= 11 is 1.51. The van der Waals surface area contributed by atoms with Crippen molar-refractivity contribution < 1.29 is 14.3 Å². The van der Waals surface area contributed by atoms with E-state index in [1.165, 1.54) is 30.0 Å². The van der Waals surface area contributed by atoms with Crippen molar-refractivity contribution in [3.8, 4) is 5.88 Å². The monoisotopic (exact) mass is 267 g/mol. The zero-order chi connectivity index (χ0) is 13.0. The molecule has 0 aliphatic carbocycles. The molecule has 1 fully saturated rings. The topological polar surface area (TPSA) is 71.5 Å². The second-order valence-corrected chi connectivity index (χ2v) is 4.66. The van der Waals surface area contributed by atoms with E-state index in [4.69, 9.17) is 4.74 Å². The minimum atomic E-state index is -0.224. The van der Waals surface area contributed by atoms with Crippen molar-refractivity contribution in [2.45, 2.75) is 0 Å². The molecule has 0 unspecified atom stereocenters. The van der Waals surface area contributed by atoms with Crippen molar-refractivity contribution in [2.24, 2.45) is 0 Å². The third-order valence-corrected chi connectivity index (χ3v) is 3.33. The van der Waals surface area contributed by atoms with Crippen molar-refractivity contribution in [3.63, 3.8) is 0 Å². The summed E-state index contributed by atoms with van der Waals surface area (Å²) in [4.78, 5) is 28.5. The Morgan fingerprint density at radius 2 is 2.44 bits per heavy atom. The van der Waals surface area contributed by atoms with Gasteiger partial charge in [0.1, 0.15) is 6.54 Å². The van der Waals surface area contributed by atoms with E-state index in [2.05, 4.69) is 10.3 Å². The van der Waals surface area contributed by atoms with E-state index < -0.39 is 0 Å². The number of amides is 2. The molecule has 96 valence electrons. The number of pyridine rings is 1. The van der Waals surface area contributed by atoms with Gasteiger partial charge in [-0.1, -0.05) is 0 Å². The van der Waals surface area contributed by atoms with Crippen molar-refractivity contribution >= 4 is 29.3 Å². The summed E-state index contributed by atoms with van der Waals surface area (Å²) in [5.41, 5.74) is 0.583. The maximum Gasteiger partial charge on any atom is 0.244 e. The first-order valence-electron chi connectivity index (χ1n) is 5.34. The Hall–Kier alpha value is -1.76. The molecule has 7 heteroatoms. The maximum atomic E-state index is 11.7. The Morgan fingerprint density at radius 3 is 3.00 bits per heavy atom. The van der Waals surface area contributed by atoms with Gasteiger partial charge in [0.2, 0.25) is 17.7 Å². The molecule has 2 amide bonds. The van der Waals surface area contributed by atoms with Crippen LogP contribution in [-0.2, 0) is 9.59 Å². The highest BCUT2D eigenvalue weighted by molar-refractivity contribution is 8.00. The summed E-state index contributed by atoms with van der Waals surface area (Å²) in [7, 11) is 1.53. The number of nitrogens with one attached hydrogen (secondary N) is 1. The number of aromatic nitrogens is 1. The van der Waals surface area contributed by atoms with Gasteiger partial charge >= 0.3 is 0 Å². The molecule has 0 bridgehead atoms. The van der Waals surface area contributed by atoms with Crippen LogP contribution in [0.2, 0.25) is 0 Å². The number of ether oxygens (including phenoxy) is 1. The molecule has 18 heavy (non-hydrogen) atoms. The van der Waals surface area contributed by atoms with Crippen LogP contribution in [0.1, 0.15) is 0 Å². The molecular weight excluding hydrogens is 254 g/mol. The van der Waals surface area contributed by atoms with Gasteiger partial charge in [0.15, 0.2) is 0 Å². The van der Waals surface area contributed by atoms with Gasteiger partial charge in [0, 0.05) is 6.07 Å². The van der Waals surface area contributed by atoms with E-state index in [0.29, 0.717) is 23.2 Å². The lowest BCUT2D eigenvalue weighted by molar-refractivity contribution is -0.130. The lowest BCUT2D eigenvalue weighted by Gasteiger charge is -2.14. The van der Waals surface area contributed by atoms with Crippen molar-refractivity contribution in [2.75, 3.05) is 30.6 Å². The predicted octanol–water partition coefficient (Wildman–Crippen LogP) is 0.562. The molecule has 1 aliphatic rings. The summed E-state index contributed by atoms with van der Waals surface area (Å²) in [6.45, 7) is 0.0812. The minimum absolute atomic E-state index is 0.00278. The first-order valence-corrected chi connectivity index (χ1v) is 6.50. The highest BCUT2D eigenvalue weighted by Crippen LogP contribution is 2.15. The molecule has 0 saturated carbocycles. The van der Waals surface area contributed by atoms with E-state index in [-0.39, 0.29) is 18.4 Å². The second kappa shape index (κ2) is 5.72. The fourth-order valence-electron chi connectivity index (χ4n) is 1.49. The molecule has 0 radical (unpaired) electrons. The molecule has 1 saturated heterocycles. The Balaban J connectivity index is 1.88. The molecule has 0 spiro atoms. The molecule has 2 heterocycles. The lowest BCUT2D eigenvalue weighted by Crippen LogP contribution is -2.34. The van der Waals surface area contributed by atoms with E-state index in [0.717, 1.165) is 0 Å². The maximum absolute atomic E-state index is 11.7. The SMILES string of the molecule is COc1ccc(NC(=O)CN2CSCC2=O)cn1. The number of carbonyl (C=O) groups excluding carboxylic acids is 2. The van der Waals surface area contributed by atoms with Crippen LogP contribution in [0.15, 0.2) is 18.3 Å². The highest BCUT2D eigenvalue weighted by atomic mass is 32.2.